The van der Waals surface area contributed by atoms with Crippen LogP contribution in [0.25, 0.3) is 0 Å². The predicted octanol–water partition coefficient (Wildman–Crippen LogP) is 3.22. The highest BCUT2D eigenvalue weighted by Gasteiger charge is 2.28. The van der Waals surface area contributed by atoms with Crippen LogP contribution in [0.5, 0.6) is 5.75 Å². The van der Waals surface area contributed by atoms with Gasteiger partial charge in [-0.1, -0.05) is 18.2 Å². The molecular formula is C31H41F5O13S. The molecule has 2 rings (SSSR count). The SMILES string of the molecule is O=C(CCOCCOCCOCCOCCOCCOCCOCCOCCOS(=O)(=O)c1ccccc1)Oc1c(F)c(F)c(F)c(F)c1F. The number of hydrogen-bond donors (Lipinski definition) is 0. The number of benzene rings is 2. The Kier molecular flexibility index (Phi) is 22.5. The molecule has 2 aromatic carbocycles. The number of ether oxygens (including phenoxy) is 9. The van der Waals surface area contributed by atoms with Gasteiger partial charge in [-0.15, -0.1) is 0 Å². The second-order valence-electron chi connectivity index (χ2n) is 9.61. The summed E-state index contributed by atoms with van der Waals surface area (Å²) >= 11 is 0. The van der Waals surface area contributed by atoms with Crippen molar-refractivity contribution in [2.75, 3.05) is 112 Å². The number of rotatable bonds is 30. The molecule has 0 spiro atoms. The zero-order chi connectivity index (χ0) is 36.5. The third-order valence-corrected chi connectivity index (χ3v) is 7.26. The van der Waals surface area contributed by atoms with Gasteiger partial charge in [0.15, 0.2) is 0 Å². The van der Waals surface area contributed by atoms with Gasteiger partial charge in [-0.2, -0.15) is 17.2 Å². The van der Waals surface area contributed by atoms with Gasteiger partial charge in [0.25, 0.3) is 10.1 Å². The first-order valence-corrected chi connectivity index (χ1v) is 16.8. The van der Waals surface area contributed by atoms with E-state index in [-0.39, 0.29) is 51.1 Å². The van der Waals surface area contributed by atoms with Gasteiger partial charge in [-0.3, -0.25) is 8.98 Å². The van der Waals surface area contributed by atoms with Gasteiger partial charge in [0, 0.05) is 0 Å². The second kappa shape index (κ2) is 26.0. The summed E-state index contributed by atoms with van der Waals surface area (Å²) in [6, 6.07) is 7.85. The molecule has 0 atom stereocenters. The van der Waals surface area contributed by atoms with E-state index in [2.05, 4.69) is 4.74 Å². The Bertz CT molecular complexity index is 1310. The maximum absolute atomic E-state index is 13.5. The third kappa shape index (κ3) is 17.9. The summed E-state index contributed by atoms with van der Waals surface area (Å²) in [7, 11) is -3.79. The molecule has 284 valence electrons. The second-order valence-corrected chi connectivity index (χ2v) is 11.2. The van der Waals surface area contributed by atoms with Crippen LogP contribution in [0.1, 0.15) is 6.42 Å². The zero-order valence-corrected chi connectivity index (χ0v) is 28.0. The highest BCUT2D eigenvalue weighted by molar-refractivity contribution is 7.86. The molecule has 0 aliphatic carbocycles. The van der Waals surface area contributed by atoms with Crippen LogP contribution in [0.15, 0.2) is 35.2 Å². The van der Waals surface area contributed by atoms with Gasteiger partial charge in [-0.25, -0.2) is 13.2 Å². The maximum atomic E-state index is 13.5. The quantitative estimate of drug-likeness (QED) is 0.0220. The fourth-order valence-electron chi connectivity index (χ4n) is 3.49. The highest BCUT2D eigenvalue weighted by Crippen LogP contribution is 2.29. The average molecular weight is 749 g/mol. The van der Waals surface area contributed by atoms with Crippen molar-refractivity contribution < 1.29 is 82.0 Å². The molecule has 0 unspecified atom stereocenters. The molecule has 50 heavy (non-hydrogen) atoms. The van der Waals surface area contributed by atoms with Crippen LogP contribution in [0.3, 0.4) is 0 Å². The normalized spacial score (nSPS) is 11.7. The minimum atomic E-state index is -3.79. The van der Waals surface area contributed by atoms with Gasteiger partial charge in [-0.05, 0) is 12.1 Å². The fourth-order valence-corrected chi connectivity index (χ4v) is 4.41. The lowest BCUT2D eigenvalue weighted by Crippen LogP contribution is -2.16. The van der Waals surface area contributed by atoms with Crippen LogP contribution in [0, 0.1) is 29.1 Å². The monoisotopic (exact) mass is 748 g/mol. The van der Waals surface area contributed by atoms with Gasteiger partial charge in [0.2, 0.25) is 34.8 Å². The lowest BCUT2D eigenvalue weighted by atomic mass is 10.2. The molecule has 0 heterocycles. The Morgan fingerprint density at radius 2 is 0.780 bits per heavy atom. The molecular weight excluding hydrogens is 707 g/mol. The van der Waals surface area contributed by atoms with Crippen LogP contribution in [-0.2, 0) is 57.0 Å². The van der Waals surface area contributed by atoms with Crippen LogP contribution < -0.4 is 4.74 Å². The minimum absolute atomic E-state index is 0.0681. The van der Waals surface area contributed by atoms with Crippen LogP contribution >= 0.6 is 0 Å². The summed E-state index contributed by atoms with van der Waals surface area (Å²) in [5, 5.41) is 0. The van der Waals surface area contributed by atoms with E-state index in [1.807, 2.05) is 0 Å². The minimum Gasteiger partial charge on any atom is -0.420 e. The van der Waals surface area contributed by atoms with E-state index in [1.165, 1.54) is 12.1 Å². The largest absolute Gasteiger partial charge is 0.420 e. The summed E-state index contributed by atoms with van der Waals surface area (Å²) in [5.74, 6) is -14.2. The van der Waals surface area contributed by atoms with Crippen molar-refractivity contribution in [1.82, 2.24) is 0 Å². The highest BCUT2D eigenvalue weighted by atomic mass is 32.2. The van der Waals surface area contributed by atoms with Gasteiger partial charge >= 0.3 is 5.97 Å². The van der Waals surface area contributed by atoms with Crippen LogP contribution in [0.4, 0.5) is 22.0 Å². The molecule has 0 aliphatic heterocycles. The number of halogens is 5. The predicted molar refractivity (Wildman–Crippen MR) is 163 cm³/mol. The standard InChI is InChI=1S/C31H41F5O13S/c32-26-27(33)29(35)31(30(36)28(26)34)49-25(37)6-7-40-8-9-41-10-11-42-12-13-43-14-15-44-16-17-45-18-19-46-20-21-47-22-23-48-50(38,39)24-4-2-1-3-5-24/h1-5H,6-23H2. The van der Waals surface area contributed by atoms with Crippen molar-refractivity contribution >= 4 is 16.1 Å². The molecule has 0 fully saturated rings. The molecule has 0 saturated heterocycles. The number of carbonyl (C=O) groups is 1. The van der Waals surface area contributed by atoms with Gasteiger partial charge in [0.1, 0.15) is 0 Å². The van der Waals surface area contributed by atoms with E-state index in [9.17, 15) is 35.2 Å². The molecule has 0 saturated carbocycles. The summed E-state index contributed by atoms with van der Waals surface area (Å²) in [6.45, 7) is 4.13. The topological polar surface area (TPSA) is 144 Å². The first-order valence-electron chi connectivity index (χ1n) is 15.4. The van der Waals surface area contributed by atoms with Crippen molar-refractivity contribution in [3.63, 3.8) is 0 Å². The van der Waals surface area contributed by atoms with Gasteiger partial charge < -0.3 is 42.6 Å². The molecule has 2 aromatic rings. The summed E-state index contributed by atoms with van der Waals surface area (Å²) in [6.07, 6.45) is -0.497. The molecule has 0 N–H and O–H groups in total. The molecule has 0 amide bonds. The summed E-state index contributed by atoms with van der Waals surface area (Å²) in [4.78, 5) is 11.7. The Labute approximate surface area is 286 Å². The van der Waals surface area contributed by atoms with E-state index in [1.54, 1.807) is 18.2 Å². The first kappa shape index (κ1) is 43.3. The number of esters is 1. The average Bonchev–Trinajstić information content (AvgIpc) is 3.11. The van der Waals surface area contributed by atoms with Crippen molar-refractivity contribution in [3.05, 3.63) is 59.4 Å². The number of hydrogen-bond acceptors (Lipinski definition) is 13. The molecule has 13 nitrogen and oxygen atoms in total. The van der Waals surface area contributed by atoms with Crippen molar-refractivity contribution in [2.24, 2.45) is 0 Å². The van der Waals surface area contributed by atoms with E-state index in [4.69, 9.17) is 42.1 Å². The van der Waals surface area contributed by atoms with E-state index < -0.39 is 57.3 Å². The molecule has 0 aliphatic rings. The molecule has 19 heteroatoms. The van der Waals surface area contributed by atoms with E-state index in [0.29, 0.717) is 66.1 Å². The summed E-state index contributed by atoms with van der Waals surface area (Å²) < 4.78 is 142. The lowest BCUT2D eigenvalue weighted by Gasteiger charge is -2.09. The number of carbonyl (C=O) groups excluding carboxylic acids is 1. The molecule has 0 radical (unpaired) electrons. The first-order chi connectivity index (χ1) is 24.1. The smallest absolute Gasteiger partial charge is 0.313 e. The fraction of sp³-hybridized carbons (Fsp3) is 0.581. The van der Waals surface area contributed by atoms with Gasteiger partial charge in [0.05, 0.1) is 124 Å². The third-order valence-electron chi connectivity index (χ3n) is 5.94. The Morgan fingerprint density at radius 1 is 0.460 bits per heavy atom. The Balaban J connectivity index is 1.26. The van der Waals surface area contributed by atoms with Crippen molar-refractivity contribution in [3.8, 4) is 5.75 Å². The lowest BCUT2D eigenvalue weighted by molar-refractivity contribution is -0.136. The van der Waals surface area contributed by atoms with Crippen molar-refractivity contribution in [2.45, 2.75) is 11.3 Å². The zero-order valence-electron chi connectivity index (χ0n) is 27.2. The van der Waals surface area contributed by atoms with E-state index >= 15 is 0 Å². The maximum Gasteiger partial charge on any atom is 0.313 e. The Morgan fingerprint density at radius 3 is 1.16 bits per heavy atom. The van der Waals surface area contributed by atoms with E-state index in [0.717, 1.165) is 0 Å². The van der Waals surface area contributed by atoms with Crippen LogP contribution in [0.2, 0.25) is 0 Å². The summed E-state index contributed by atoms with van der Waals surface area (Å²) in [5.41, 5.74) is 0. The van der Waals surface area contributed by atoms with Crippen molar-refractivity contribution in [1.29, 1.82) is 0 Å². The van der Waals surface area contributed by atoms with Crippen LogP contribution in [-0.4, -0.2) is 127 Å². The Hall–Kier alpha value is -2.85. The molecule has 0 bridgehead atoms. The molecule has 0 aromatic heterocycles.